The molecule has 0 radical (unpaired) electrons. The number of amides is 1. The predicted octanol–water partition coefficient (Wildman–Crippen LogP) is 4.58. The molecule has 0 unspecified atom stereocenters. The fourth-order valence-corrected chi connectivity index (χ4v) is 1.72. The lowest BCUT2D eigenvalue weighted by atomic mass is 10.2. The Morgan fingerprint density at radius 1 is 1.25 bits per heavy atom. The van der Waals surface area contributed by atoms with Gasteiger partial charge in [-0.25, -0.2) is 4.79 Å². The highest BCUT2D eigenvalue weighted by atomic mass is 79.9. The van der Waals surface area contributed by atoms with Crippen molar-refractivity contribution in [2.24, 2.45) is 5.10 Å². The van der Waals surface area contributed by atoms with Crippen molar-refractivity contribution in [1.82, 2.24) is 5.01 Å². The summed E-state index contributed by atoms with van der Waals surface area (Å²) < 4.78 is 6.37. The first-order valence-electron chi connectivity index (χ1n) is 6.44. The number of hydrogen-bond donors (Lipinski definition) is 0. The summed E-state index contributed by atoms with van der Waals surface area (Å²) in [5.74, 6) is 0. The van der Waals surface area contributed by atoms with Crippen molar-refractivity contribution >= 4 is 27.7 Å². The van der Waals surface area contributed by atoms with Crippen LogP contribution in [0.2, 0.25) is 0 Å². The van der Waals surface area contributed by atoms with E-state index in [1.807, 2.05) is 58.9 Å². The van der Waals surface area contributed by atoms with Gasteiger partial charge in [-0.3, -0.25) is 0 Å². The van der Waals surface area contributed by atoms with E-state index in [4.69, 9.17) is 4.74 Å². The first-order chi connectivity index (χ1) is 9.17. The second-order valence-electron chi connectivity index (χ2n) is 5.71. The number of nitrogens with zero attached hydrogens (tertiary/aromatic N) is 2. The molecule has 0 aliphatic carbocycles. The van der Waals surface area contributed by atoms with Crippen LogP contribution < -0.4 is 0 Å². The number of rotatable bonds is 3. The summed E-state index contributed by atoms with van der Waals surface area (Å²) in [6, 6.07) is 7.76. The summed E-state index contributed by atoms with van der Waals surface area (Å²) in [5.41, 5.74) is 1.25. The number of hydrogen-bond acceptors (Lipinski definition) is 3. The Morgan fingerprint density at radius 2 is 1.80 bits per heavy atom. The van der Waals surface area contributed by atoms with Gasteiger partial charge in [0.15, 0.2) is 0 Å². The van der Waals surface area contributed by atoms with E-state index in [2.05, 4.69) is 21.0 Å². The molecule has 5 heteroatoms. The summed E-state index contributed by atoms with van der Waals surface area (Å²) in [5, 5.41) is 5.59. The number of carbonyl (C=O) groups excluding carboxylic acids is 1. The molecule has 4 nitrogen and oxygen atoms in total. The van der Waals surface area contributed by atoms with Crippen molar-refractivity contribution in [3.8, 4) is 0 Å². The highest BCUT2D eigenvalue weighted by molar-refractivity contribution is 9.10. The molecule has 20 heavy (non-hydrogen) atoms. The number of halogens is 1. The first-order valence-corrected chi connectivity index (χ1v) is 7.23. The Bertz CT molecular complexity index is 486. The zero-order valence-corrected chi connectivity index (χ0v) is 14.2. The van der Waals surface area contributed by atoms with Gasteiger partial charge in [0.1, 0.15) is 5.60 Å². The Morgan fingerprint density at radius 3 is 2.25 bits per heavy atom. The Labute approximate surface area is 128 Å². The average molecular weight is 341 g/mol. The lowest BCUT2D eigenvalue weighted by Gasteiger charge is -2.24. The fourth-order valence-electron chi connectivity index (χ4n) is 1.46. The van der Waals surface area contributed by atoms with Gasteiger partial charge in [0, 0.05) is 10.2 Å². The zero-order chi connectivity index (χ0) is 15.3. The molecule has 0 fully saturated rings. The summed E-state index contributed by atoms with van der Waals surface area (Å²) >= 11 is 3.39. The second kappa shape index (κ2) is 6.88. The number of hydrazone groups is 1. The average Bonchev–Trinajstić information content (AvgIpc) is 2.28. The molecule has 0 spiro atoms. The quantitative estimate of drug-likeness (QED) is 0.596. The maximum atomic E-state index is 12.2. The SMILES string of the molecule is CC(C)=NN(Cc1ccc(Br)cc1)C(=O)OC(C)(C)C. The van der Waals surface area contributed by atoms with Crippen molar-refractivity contribution in [3.63, 3.8) is 0 Å². The smallest absolute Gasteiger partial charge is 0.431 e. The van der Waals surface area contributed by atoms with Gasteiger partial charge in [-0.15, -0.1) is 0 Å². The third-order valence-electron chi connectivity index (χ3n) is 2.17. The van der Waals surface area contributed by atoms with Crippen molar-refractivity contribution in [2.45, 2.75) is 46.8 Å². The molecule has 0 N–H and O–H groups in total. The van der Waals surface area contributed by atoms with Crippen molar-refractivity contribution in [2.75, 3.05) is 0 Å². The first kappa shape index (κ1) is 16.7. The molecule has 0 aliphatic heterocycles. The van der Waals surface area contributed by atoms with E-state index in [1.54, 1.807) is 0 Å². The highest BCUT2D eigenvalue weighted by Crippen LogP contribution is 2.15. The zero-order valence-electron chi connectivity index (χ0n) is 12.6. The normalized spacial score (nSPS) is 10.9. The van der Waals surface area contributed by atoms with Crippen LogP contribution in [0.1, 0.15) is 40.2 Å². The molecule has 0 heterocycles. The summed E-state index contributed by atoms with van der Waals surface area (Å²) in [6.07, 6.45) is -0.443. The van der Waals surface area contributed by atoms with Gasteiger partial charge in [0.2, 0.25) is 0 Å². The van der Waals surface area contributed by atoms with E-state index >= 15 is 0 Å². The van der Waals surface area contributed by atoms with Crippen LogP contribution >= 0.6 is 15.9 Å². The summed E-state index contributed by atoms with van der Waals surface area (Å²) in [4.78, 5) is 12.2. The lowest BCUT2D eigenvalue weighted by molar-refractivity contribution is 0.0238. The highest BCUT2D eigenvalue weighted by Gasteiger charge is 2.22. The van der Waals surface area contributed by atoms with E-state index < -0.39 is 11.7 Å². The van der Waals surface area contributed by atoms with Gasteiger partial charge in [-0.05, 0) is 52.3 Å². The van der Waals surface area contributed by atoms with Gasteiger partial charge in [0.05, 0.1) is 6.54 Å². The van der Waals surface area contributed by atoms with Crippen LogP contribution in [-0.2, 0) is 11.3 Å². The van der Waals surface area contributed by atoms with Crippen LogP contribution in [0.5, 0.6) is 0 Å². The molecule has 0 saturated heterocycles. The predicted molar refractivity (Wildman–Crippen MR) is 84.7 cm³/mol. The van der Waals surface area contributed by atoms with E-state index in [0.717, 1.165) is 15.7 Å². The van der Waals surface area contributed by atoms with Crippen LogP contribution in [-0.4, -0.2) is 22.4 Å². The minimum Gasteiger partial charge on any atom is -0.442 e. The molecule has 0 aromatic heterocycles. The molecule has 1 aromatic rings. The van der Waals surface area contributed by atoms with Gasteiger partial charge in [-0.2, -0.15) is 10.1 Å². The Hall–Kier alpha value is -1.36. The summed E-state index contributed by atoms with van der Waals surface area (Å²) in [7, 11) is 0. The number of ether oxygens (including phenoxy) is 1. The molecule has 1 amide bonds. The third-order valence-corrected chi connectivity index (χ3v) is 2.70. The van der Waals surface area contributed by atoms with Crippen LogP contribution in [0, 0.1) is 0 Å². The van der Waals surface area contributed by atoms with Crippen LogP contribution in [0.25, 0.3) is 0 Å². The molecule has 0 bridgehead atoms. The minimum atomic E-state index is -0.536. The van der Waals surface area contributed by atoms with Crippen molar-refractivity contribution < 1.29 is 9.53 Å². The summed E-state index contributed by atoms with van der Waals surface area (Å²) in [6.45, 7) is 9.59. The minimum absolute atomic E-state index is 0.382. The maximum Gasteiger partial charge on any atom is 0.431 e. The number of carbonyl (C=O) groups is 1. The Balaban J connectivity index is 2.87. The van der Waals surface area contributed by atoms with E-state index in [-0.39, 0.29) is 0 Å². The molecule has 0 saturated carbocycles. The van der Waals surface area contributed by atoms with Gasteiger partial charge < -0.3 is 4.74 Å². The molecule has 1 aromatic carbocycles. The van der Waals surface area contributed by atoms with Crippen LogP contribution in [0.3, 0.4) is 0 Å². The van der Waals surface area contributed by atoms with E-state index in [1.165, 1.54) is 5.01 Å². The Kier molecular flexibility index (Phi) is 5.74. The second-order valence-corrected chi connectivity index (χ2v) is 6.63. The topological polar surface area (TPSA) is 41.9 Å². The van der Waals surface area contributed by atoms with Crippen molar-refractivity contribution in [1.29, 1.82) is 0 Å². The fraction of sp³-hybridized carbons (Fsp3) is 0.467. The molecule has 1 rings (SSSR count). The van der Waals surface area contributed by atoms with E-state index in [0.29, 0.717) is 6.54 Å². The molecule has 110 valence electrons. The largest absolute Gasteiger partial charge is 0.442 e. The molecule has 0 atom stereocenters. The third kappa shape index (κ3) is 6.19. The van der Waals surface area contributed by atoms with Crippen LogP contribution in [0.4, 0.5) is 4.79 Å². The number of benzene rings is 1. The standard InChI is InChI=1S/C15H21BrN2O2/c1-11(2)17-18(14(19)20-15(3,4)5)10-12-6-8-13(16)9-7-12/h6-9H,10H2,1-5H3. The molecular formula is C15H21BrN2O2. The monoisotopic (exact) mass is 340 g/mol. The lowest BCUT2D eigenvalue weighted by Crippen LogP contribution is -2.33. The van der Waals surface area contributed by atoms with Crippen molar-refractivity contribution in [3.05, 3.63) is 34.3 Å². The van der Waals surface area contributed by atoms with Crippen LogP contribution in [0.15, 0.2) is 33.8 Å². The molecule has 0 aliphatic rings. The molecular weight excluding hydrogens is 320 g/mol. The maximum absolute atomic E-state index is 12.2. The van der Waals surface area contributed by atoms with Gasteiger partial charge >= 0.3 is 6.09 Å². The van der Waals surface area contributed by atoms with E-state index in [9.17, 15) is 4.79 Å². The van der Waals surface area contributed by atoms with Gasteiger partial charge in [0.25, 0.3) is 0 Å². The van der Waals surface area contributed by atoms with Gasteiger partial charge in [-0.1, -0.05) is 28.1 Å².